The second-order valence-electron chi connectivity index (χ2n) is 4.74. The van der Waals surface area contributed by atoms with Crippen LogP contribution in [0.3, 0.4) is 0 Å². The van der Waals surface area contributed by atoms with Crippen LogP contribution in [-0.4, -0.2) is 42.1 Å². The van der Waals surface area contributed by atoms with Crippen molar-refractivity contribution in [3.05, 3.63) is 0 Å². The lowest BCUT2D eigenvalue weighted by molar-refractivity contribution is 0.206. The molecule has 0 aromatic heterocycles. The van der Waals surface area contributed by atoms with Crippen molar-refractivity contribution in [2.24, 2.45) is 5.73 Å². The van der Waals surface area contributed by atoms with Gasteiger partial charge in [-0.2, -0.15) is 11.8 Å². The minimum Gasteiger partial charge on any atom is -0.329 e. The van der Waals surface area contributed by atoms with Crippen molar-refractivity contribution in [3.8, 4) is 0 Å². The van der Waals surface area contributed by atoms with Crippen molar-refractivity contribution in [2.75, 3.05) is 31.1 Å². The zero-order chi connectivity index (χ0) is 11.6. The van der Waals surface area contributed by atoms with E-state index in [4.69, 9.17) is 5.73 Å². The molecule has 0 radical (unpaired) electrons. The van der Waals surface area contributed by atoms with Crippen molar-refractivity contribution in [1.29, 1.82) is 0 Å². The van der Waals surface area contributed by atoms with E-state index in [1.165, 1.54) is 63.1 Å². The lowest BCUT2D eigenvalue weighted by Crippen LogP contribution is -2.45. The molecule has 0 bridgehead atoms. The number of unbranched alkanes of at least 4 members (excludes halogenated alkanes) is 4. The maximum Gasteiger partial charge on any atom is 0.0219 e. The summed E-state index contributed by atoms with van der Waals surface area (Å²) in [6, 6.07) is 0.655. The van der Waals surface area contributed by atoms with E-state index in [2.05, 4.69) is 23.6 Å². The Bertz CT molecular complexity index is 158. The van der Waals surface area contributed by atoms with Gasteiger partial charge in [0.1, 0.15) is 0 Å². The van der Waals surface area contributed by atoms with Crippen molar-refractivity contribution in [3.63, 3.8) is 0 Å². The van der Waals surface area contributed by atoms with E-state index in [-0.39, 0.29) is 0 Å². The van der Waals surface area contributed by atoms with E-state index in [1.54, 1.807) is 0 Å². The number of hydrogen-bond donors (Lipinski definition) is 1. The zero-order valence-electron chi connectivity index (χ0n) is 10.8. The first-order valence-electron chi connectivity index (χ1n) is 6.90. The van der Waals surface area contributed by atoms with Gasteiger partial charge in [-0.3, -0.25) is 4.90 Å². The van der Waals surface area contributed by atoms with Crippen molar-refractivity contribution in [1.82, 2.24) is 4.90 Å². The maximum atomic E-state index is 5.90. The molecular formula is C13H28N2S. The van der Waals surface area contributed by atoms with Gasteiger partial charge in [0.05, 0.1) is 0 Å². The van der Waals surface area contributed by atoms with Crippen LogP contribution in [0.2, 0.25) is 0 Å². The van der Waals surface area contributed by atoms with Crippen LogP contribution in [0, 0.1) is 0 Å². The third-order valence-corrected chi connectivity index (χ3v) is 4.42. The Kier molecular flexibility index (Phi) is 8.34. The molecule has 0 spiro atoms. The number of nitrogens with zero attached hydrogens (tertiary/aromatic N) is 1. The fraction of sp³-hybridized carbons (Fsp3) is 1.00. The first-order valence-corrected chi connectivity index (χ1v) is 8.05. The number of rotatable bonds is 8. The summed E-state index contributed by atoms with van der Waals surface area (Å²) in [6.07, 6.45) is 8.21. The summed E-state index contributed by atoms with van der Waals surface area (Å²) >= 11 is 2.08. The topological polar surface area (TPSA) is 29.3 Å². The lowest BCUT2D eigenvalue weighted by atomic mass is 10.1. The van der Waals surface area contributed by atoms with E-state index in [9.17, 15) is 0 Å². The molecule has 2 N–H and O–H groups in total. The summed E-state index contributed by atoms with van der Waals surface area (Å²) in [4.78, 5) is 2.61. The predicted octanol–water partition coefficient (Wildman–Crippen LogP) is 2.72. The minimum atomic E-state index is 0.655. The molecule has 1 fully saturated rings. The van der Waals surface area contributed by atoms with E-state index in [0.717, 1.165) is 6.54 Å². The summed E-state index contributed by atoms with van der Waals surface area (Å²) in [5.41, 5.74) is 5.90. The molecule has 0 aromatic rings. The van der Waals surface area contributed by atoms with Crippen molar-refractivity contribution in [2.45, 2.75) is 51.5 Å². The lowest BCUT2D eigenvalue weighted by Gasteiger charge is -2.33. The summed E-state index contributed by atoms with van der Waals surface area (Å²) in [5.74, 6) is 2.60. The summed E-state index contributed by atoms with van der Waals surface area (Å²) < 4.78 is 0. The maximum absolute atomic E-state index is 5.90. The van der Waals surface area contributed by atoms with Crippen LogP contribution in [0.4, 0.5) is 0 Å². The summed E-state index contributed by atoms with van der Waals surface area (Å²) in [6.45, 7) is 5.62. The van der Waals surface area contributed by atoms with E-state index >= 15 is 0 Å². The molecule has 16 heavy (non-hydrogen) atoms. The van der Waals surface area contributed by atoms with Crippen molar-refractivity contribution < 1.29 is 0 Å². The van der Waals surface area contributed by atoms with Gasteiger partial charge in [0, 0.05) is 37.2 Å². The summed E-state index contributed by atoms with van der Waals surface area (Å²) in [5, 5.41) is 0. The third-order valence-electron chi connectivity index (χ3n) is 3.48. The molecule has 0 saturated carbocycles. The fourth-order valence-corrected chi connectivity index (χ4v) is 3.31. The van der Waals surface area contributed by atoms with Crippen LogP contribution in [0.15, 0.2) is 0 Å². The zero-order valence-corrected chi connectivity index (χ0v) is 11.6. The molecule has 0 amide bonds. The Labute approximate surface area is 105 Å². The van der Waals surface area contributed by atoms with Gasteiger partial charge in [0.25, 0.3) is 0 Å². The molecule has 0 aliphatic carbocycles. The highest BCUT2D eigenvalue weighted by Gasteiger charge is 2.18. The Balaban J connectivity index is 2.10. The smallest absolute Gasteiger partial charge is 0.0219 e. The van der Waals surface area contributed by atoms with Gasteiger partial charge in [-0.15, -0.1) is 0 Å². The number of nitrogens with two attached hydrogens (primary N) is 1. The average molecular weight is 244 g/mol. The molecule has 96 valence electrons. The van der Waals surface area contributed by atoms with Crippen molar-refractivity contribution >= 4 is 11.8 Å². The molecule has 1 unspecified atom stereocenters. The number of hydrogen-bond acceptors (Lipinski definition) is 3. The average Bonchev–Trinajstić information content (AvgIpc) is 2.35. The molecule has 3 heteroatoms. The molecule has 1 saturated heterocycles. The third kappa shape index (κ3) is 5.55. The quantitative estimate of drug-likeness (QED) is 0.666. The second kappa shape index (κ2) is 9.32. The van der Waals surface area contributed by atoms with Gasteiger partial charge in [-0.25, -0.2) is 0 Å². The highest BCUT2D eigenvalue weighted by atomic mass is 32.2. The molecule has 1 rings (SSSR count). The van der Waals surface area contributed by atoms with Gasteiger partial charge < -0.3 is 5.73 Å². The molecule has 0 aromatic carbocycles. The SMILES string of the molecule is CCCCCCCC(CN)N1CCSCC1. The molecule has 2 nitrogen and oxygen atoms in total. The van der Waals surface area contributed by atoms with E-state index in [1.807, 2.05) is 0 Å². The Morgan fingerprint density at radius 2 is 1.81 bits per heavy atom. The molecule has 1 aliphatic rings. The minimum absolute atomic E-state index is 0.655. The van der Waals surface area contributed by atoms with Gasteiger partial charge in [0.2, 0.25) is 0 Å². The molecule has 1 heterocycles. The normalized spacial score (nSPS) is 19.9. The van der Waals surface area contributed by atoms with Crippen LogP contribution >= 0.6 is 11.8 Å². The largest absolute Gasteiger partial charge is 0.329 e. The first-order chi connectivity index (χ1) is 7.88. The Morgan fingerprint density at radius 1 is 1.12 bits per heavy atom. The molecule has 1 atom stereocenters. The van der Waals surface area contributed by atoms with Gasteiger partial charge in [0.15, 0.2) is 0 Å². The van der Waals surface area contributed by atoms with Gasteiger partial charge in [-0.1, -0.05) is 39.0 Å². The monoisotopic (exact) mass is 244 g/mol. The molecular weight excluding hydrogens is 216 g/mol. The van der Waals surface area contributed by atoms with Crippen LogP contribution in [-0.2, 0) is 0 Å². The van der Waals surface area contributed by atoms with Crippen LogP contribution in [0.1, 0.15) is 45.4 Å². The number of thioether (sulfide) groups is 1. The van der Waals surface area contributed by atoms with Crippen LogP contribution < -0.4 is 5.73 Å². The summed E-state index contributed by atoms with van der Waals surface area (Å²) in [7, 11) is 0. The highest BCUT2D eigenvalue weighted by molar-refractivity contribution is 7.99. The molecule has 1 aliphatic heterocycles. The van der Waals surface area contributed by atoms with Gasteiger partial charge >= 0.3 is 0 Å². The Hall–Kier alpha value is 0.270. The predicted molar refractivity (Wildman–Crippen MR) is 75.1 cm³/mol. The van der Waals surface area contributed by atoms with E-state index in [0.29, 0.717) is 6.04 Å². The fourth-order valence-electron chi connectivity index (χ4n) is 2.38. The first kappa shape index (κ1) is 14.3. The van der Waals surface area contributed by atoms with Gasteiger partial charge in [-0.05, 0) is 6.42 Å². The van der Waals surface area contributed by atoms with E-state index < -0.39 is 0 Å². The van der Waals surface area contributed by atoms with Crippen LogP contribution in [0.25, 0.3) is 0 Å². The highest BCUT2D eigenvalue weighted by Crippen LogP contribution is 2.16. The van der Waals surface area contributed by atoms with Crippen LogP contribution in [0.5, 0.6) is 0 Å². The second-order valence-corrected chi connectivity index (χ2v) is 5.97. The standard InChI is InChI=1S/C13H28N2S/c1-2-3-4-5-6-7-13(12-14)15-8-10-16-11-9-15/h13H,2-12,14H2,1H3. The Morgan fingerprint density at radius 3 is 2.44 bits per heavy atom.